The van der Waals surface area contributed by atoms with Crippen LogP contribution in [-0.4, -0.2) is 12.0 Å². The molecule has 18 heavy (non-hydrogen) atoms. The Kier molecular flexibility index (Phi) is 4.58. The first kappa shape index (κ1) is 15.2. The Balaban J connectivity index is 3.21. The summed E-state index contributed by atoms with van der Waals surface area (Å²) in [5.74, 6) is 0.338. The molecule has 0 aliphatic heterocycles. The number of thioether (sulfide) groups is 1. The van der Waals surface area contributed by atoms with Crippen molar-refractivity contribution in [2.75, 3.05) is 12.0 Å². The summed E-state index contributed by atoms with van der Waals surface area (Å²) in [5, 5.41) is 0. The highest BCUT2D eigenvalue weighted by Gasteiger charge is 2.36. The van der Waals surface area contributed by atoms with E-state index in [1.807, 2.05) is 0 Å². The summed E-state index contributed by atoms with van der Waals surface area (Å²) < 4.78 is 75.1. The largest absolute Gasteiger partial charge is 0.416 e. The molecule has 0 saturated heterocycles. The summed E-state index contributed by atoms with van der Waals surface area (Å²) in [5.41, 5.74) is -2.36. The maximum Gasteiger partial charge on any atom is 0.416 e. The summed E-state index contributed by atoms with van der Waals surface area (Å²) in [6.45, 7) is 0. The predicted octanol–water partition coefficient (Wildman–Crippen LogP) is 4.63. The molecular formula is C11H10F6S. The van der Waals surface area contributed by atoms with Gasteiger partial charge in [-0.15, -0.1) is 0 Å². The number of halogens is 6. The zero-order valence-corrected chi connectivity index (χ0v) is 10.1. The smallest absolute Gasteiger partial charge is 0.166 e. The molecule has 0 atom stereocenters. The summed E-state index contributed by atoms with van der Waals surface area (Å²) in [6, 6.07) is 1.54. The van der Waals surface area contributed by atoms with Crippen LogP contribution in [0.25, 0.3) is 0 Å². The standard InChI is InChI=1S/C11H10F6S/c1-18-5-4-7-6-8(10(12,13)14)2-3-9(7)11(15,16)17/h2-3,6H,4-5H2,1H3. The molecule has 0 amide bonds. The van der Waals surface area contributed by atoms with E-state index < -0.39 is 23.5 Å². The quantitative estimate of drug-likeness (QED) is 0.731. The minimum atomic E-state index is -4.63. The Labute approximate surface area is 104 Å². The van der Waals surface area contributed by atoms with Gasteiger partial charge in [0.05, 0.1) is 11.1 Å². The van der Waals surface area contributed by atoms with E-state index >= 15 is 0 Å². The van der Waals surface area contributed by atoms with Crippen LogP contribution in [0, 0.1) is 0 Å². The van der Waals surface area contributed by atoms with Crippen molar-refractivity contribution in [2.45, 2.75) is 18.8 Å². The van der Waals surface area contributed by atoms with Gasteiger partial charge < -0.3 is 0 Å². The molecule has 1 aromatic carbocycles. The first-order valence-corrected chi connectivity index (χ1v) is 6.32. The van der Waals surface area contributed by atoms with Crippen molar-refractivity contribution in [1.82, 2.24) is 0 Å². The molecule has 1 rings (SSSR count). The highest BCUT2D eigenvalue weighted by Crippen LogP contribution is 2.36. The Morgan fingerprint density at radius 1 is 1.00 bits per heavy atom. The van der Waals surface area contributed by atoms with E-state index in [4.69, 9.17) is 0 Å². The second-order valence-electron chi connectivity index (χ2n) is 3.61. The van der Waals surface area contributed by atoms with E-state index in [0.29, 0.717) is 24.0 Å². The third-order valence-corrected chi connectivity index (χ3v) is 2.93. The second kappa shape index (κ2) is 5.42. The van der Waals surface area contributed by atoms with Crippen LogP contribution in [0.3, 0.4) is 0 Å². The average molecular weight is 288 g/mol. The lowest BCUT2D eigenvalue weighted by Gasteiger charge is -2.15. The number of benzene rings is 1. The molecule has 0 fully saturated rings. The van der Waals surface area contributed by atoms with Gasteiger partial charge in [0.15, 0.2) is 0 Å². The average Bonchev–Trinajstić information content (AvgIpc) is 2.23. The zero-order chi connectivity index (χ0) is 14.0. The Morgan fingerprint density at radius 3 is 2.06 bits per heavy atom. The lowest BCUT2D eigenvalue weighted by Crippen LogP contribution is -2.13. The van der Waals surface area contributed by atoms with E-state index in [9.17, 15) is 26.3 Å². The lowest BCUT2D eigenvalue weighted by molar-refractivity contribution is -0.141. The van der Waals surface area contributed by atoms with Crippen LogP contribution in [-0.2, 0) is 18.8 Å². The van der Waals surface area contributed by atoms with Crippen molar-refractivity contribution in [3.05, 3.63) is 34.9 Å². The Hall–Kier alpha value is -0.850. The van der Waals surface area contributed by atoms with Crippen LogP contribution in [0.4, 0.5) is 26.3 Å². The fourth-order valence-electron chi connectivity index (χ4n) is 1.47. The Bertz CT molecular complexity index is 407. The molecule has 1 aromatic rings. The normalized spacial score (nSPS) is 12.8. The van der Waals surface area contributed by atoms with Crippen molar-refractivity contribution >= 4 is 11.8 Å². The molecule has 0 saturated carbocycles. The highest BCUT2D eigenvalue weighted by atomic mass is 32.2. The molecule has 0 unspecified atom stereocenters. The van der Waals surface area contributed by atoms with Crippen molar-refractivity contribution in [2.24, 2.45) is 0 Å². The molecule has 0 N–H and O–H groups in total. The maximum absolute atomic E-state index is 12.6. The molecule has 0 bridgehead atoms. The molecule has 0 nitrogen and oxygen atoms in total. The van der Waals surface area contributed by atoms with Crippen LogP contribution < -0.4 is 0 Å². The minimum absolute atomic E-state index is 0.0417. The van der Waals surface area contributed by atoms with Gasteiger partial charge in [-0.25, -0.2) is 0 Å². The van der Waals surface area contributed by atoms with Gasteiger partial charge in [-0.3, -0.25) is 0 Å². The van der Waals surface area contributed by atoms with Gasteiger partial charge in [0, 0.05) is 0 Å². The van der Waals surface area contributed by atoms with Crippen LogP contribution in [0.15, 0.2) is 18.2 Å². The molecule has 0 spiro atoms. The van der Waals surface area contributed by atoms with Gasteiger partial charge in [-0.1, -0.05) is 0 Å². The van der Waals surface area contributed by atoms with Crippen molar-refractivity contribution in [1.29, 1.82) is 0 Å². The molecular weight excluding hydrogens is 278 g/mol. The molecule has 0 aliphatic carbocycles. The van der Waals surface area contributed by atoms with Crippen LogP contribution >= 0.6 is 11.8 Å². The molecule has 0 radical (unpaired) electrons. The monoisotopic (exact) mass is 288 g/mol. The number of aryl methyl sites for hydroxylation is 1. The molecule has 0 heterocycles. The van der Waals surface area contributed by atoms with E-state index in [1.54, 1.807) is 6.26 Å². The fraction of sp³-hybridized carbons (Fsp3) is 0.455. The van der Waals surface area contributed by atoms with Crippen molar-refractivity contribution in [3.8, 4) is 0 Å². The molecule has 102 valence electrons. The Morgan fingerprint density at radius 2 is 1.61 bits per heavy atom. The number of hydrogen-bond acceptors (Lipinski definition) is 1. The van der Waals surface area contributed by atoms with Gasteiger partial charge in [0.2, 0.25) is 0 Å². The molecule has 0 aromatic heterocycles. The summed E-state index contributed by atoms with van der Waals surface area (Å²) in [6.07, 6.45) is -7.61. The fourth-order valence-corrected chi connectivity index (χ4v) is 1.89. The lowest BCUT2D eigenvalue weighted by atomic mass is 10.0. The van der Waals surface area contributed by atoms with E-state index in [2.05, 4.69) is 0 Å². The zero-order valence-electron chi connectivity index (χ0n) is 9.32. The molecule has 0 aliphatic rings. The van der Waals surface area contributed by atoms with Gasteiger partial charge in [-0.05, 0) is 42.2 Å². The minimum Gasteiger partial charge on any atom is -0.166 e. The van der Waals surface area contributed by atoms with E-state index in [1.165, 1.54) is 11.8 Å². The SMILES string of the molecule is CSCCc1cc(C(F)(F)F)ccc1C(F)(F)F. The van der Waals surface area contributed by atoms with Crippen molar-refractivity contribution in [3.63, 3.8) is 0 Å². The van der Waals surface area contributed by atoms with Crippen LogP contribution in [0.1, 0.15) is 16.7 Å². The van der Waals surface area contributed by atoms with Gasteiger partial charge in [-0.2, -0.15) is 38.1 Å². The molecule has 7 heteroatoms. The number of alkyl halides is 6. The van der Waals surface area contributed by atoms with Crippen molar-refractivity contribution < 1.29 is 26.3 Å². The first-order valence-electron chi connectivity index (χ1n) is 4.92. The third-order valence-electron chi connectivity index (χ3n) is 2.31. The third kappa shape index (κ3) is 3.83. The van der Waals surface area contributed by atoms with E-state index in [-0.39, 0.29) is 12.0 Å². The maximum atomic E-state index is 12.6. The van der Waals surface area contributed by atoms with Crippen LogP contribution in [0.2, 0.25) is 0 Å². The van der Waals surface area contributed by atoms with Gasteiger partial charge in [0.25, 0.3) is 0 Å². The first-order chi connectivity index (χ1) is 8.16. The van der Waals surface area contributed by atoms with Crippen LogP contribution in [0.5, 0.6) is 0 Å². The van der Waals surface area contributed by atoms with E-state index in [0.717, 1.165) is 0 Å². The summed E-state index contributed by atoms with van der Waals surface area (Å²) in [7, 11) is 0. The number of rotatable bonds is 3. The second-order valence-corrected chi connectivity index (χ2v) is 4.60. The topological polar surface area (TPSA) is 0 Å². The summed E-state index contributed by atoms with van der Waals surface area (Å²) >= 11 is 1.28. The predicted molar refractivity (Wildman–Crippen MR) is 58.5 cm³/mol. The highest BCUT2D eigenvalue weighted by molar-refractivity contribution is 7.98. The van der Waals surface area contributed by atoms with Gasteiger partial charge in [0.1, 0.15) is 0 Å². The van der Waals surface area contributed by atoms with Gasteiger partial charge >= 0.3 is 12.4 Å². The summed E-state index contributed by atoms with van der Waals surface area (Å²) in [4.78, 5) is 0. The number of hydrogen-bond donors (Lipinski definition) is 0.